The van der Waals surface area contributed by atoms with Crippen LogP contribution in [0.15, 0.2) is 46.8 Å². The molecule has 0 saturated carbocycles. The maximum absolute atomic E-state index is 12.7. The zero-order chi connectivity index (χ0) is 25.2. The standard InChI is InChI=1S/C23H28N6O4S2/c1-15(2)33-21-7-5-17(35(24,31)32)12-19(21)26-23-27-20(14-34-23)16-4-6-18(25-13-16)22(30)29-10-8-28(3)9-11-29/h4-7,12-15H,8-11H2,1-3H3,(H,26,27)(H2,24,31,32). The van der Waals surface area contributed by atoms with E-state index in [2.05, 4.69) is 20.2 Å². The average Bonchev–Trinajstić information content (AvgIpc) is 3.28. The number of aromatic nitrogens is 2. The fraction of sp³-hybridized carbons (Fsp3) is 0.348. The molecule has 1 saturated heterocycles. The van der Waals surface area contributed by atoms with Crippen LogP contribution in [0.3, 0.4) is 0 Å². The van der Waals surface area contributed by atoms with Gasteiger partial charge in [-0.05, 0) is 51.2 Å². The molecule has 0 spiro atoms. The molecule has 1 aliphatic heterocycles. The van der Waals surface area contributed by atoms with Crippen LogP contribution >= 0.6 is 11.3 Å². The smallest absolute Gasteiger partial charge is 0.272 e. The van der Waals surface area contributed by atoms with Gasteiger partial charge in [0, 0.05) is 43.3 Å². The van der Waals surface area contributed by atoms with Crippen molar-refractivity contribution < 1.29 is 17.9 Å². The van der Waals surface area contributed by atoms with E-state index in [0.29, 0.717) is 41.0 Å². The molecule has 0 unspecified atom stereocenters. The number of benzene rings is 1. The van der Waals surface area contributed by atoms with Gasteiger partial charge in [-0.3, -0.25) is 9.78 Å². The second kappa shape index (κ2) is 10.3. The highest BCUT2D eigenvalue weighted by molar-refractivity contribution is 7.89. The van der Waals surface area contributed by atoms with Gasteiger partial charge < -0.3 is 19.9 Å². The fourth-order valence-corrected chi connectivity index (χ4v) is 4.83. The van der Waals surface area contributed by atoms with Crippen LogP contribution < -0.4 is 15.2 Å². The molecule has 10 nitrogen and oxygen atoms in total. The van der Waals surface area contributed by atoms with Gasteiger partial charge in [0.1, 0.15) is 11.4 Å². The van der Waals surface area contributed by atoms with Gasteiger partial charge in [0.15, 0.2) is 5.13 Å². The van der Waals surface area contributed by atoms with Crippen molar-refractivity contribution in [2.75, 3.05) is 38.5 Å². The topological polar surface area (TPSA) is 131 Å². The van der Waals surface area contributed by atoms with Crippen LogP contribution in [-0.2, 0) is 10.0 Å². The third kappa shape index (κ3) is 6.14. The minimum atomic E-state index is -3.88. The summed E-state index contributed by atoms with van der Waals surface area (Å²) in [5, 5.41) is 10.8. The summed E-state index contributed by atoms with van der Waals surface area (Å²) in [6, 6.07) is 7.93. The first kappa shape index (κ1) is 25.0. The Morgan fingerprint density at radius 1 is 1.17 bits per heavy atom. The molecule has 0 aliphatic carbocycles. The molecule has 3 heterocycles. The van der Waals surface area contributed by atoms with Gasteiger partial charge >= 0.3 is 0 Å². The van der Waals surface area contributed by atoms with Crippen LogP contribution in [-0.4, -0.2) is 73.4 Å². The lowest BCUT2D eigenvalue weighted by atomic mass is 10.2. The van der Waals surface area contributed by atoms with E-state index in [1.165, 1.54) is 23.5 Å². The van der Waals surface area contributed by atoms with Crippen LogP contribution in [0.25, 0.3) is 11.3 Å². The van der Waals surface area contributed by atoms with Crippen LogP contribution in [0.5, 0.6) is 5.75 Å². The van der Waals surface area contributed by atoms with Crippen LogP contribution in [0.4, 0.5) is 10.8 Å². The molecule has 0 atom stereocenters. The van der Waals surface area contributed by atoms with E-state index in [1.54, 1.807) is 18.3 Å². The number of hydrogen-bond donors (Lipinski definition) is 2. The highest BCUT2D eigenvalue weighted by Crippen LogP contribution is 2.33. The van der Waals surface area contributed by atoms with Crippen LogP contribution in [0, 0.1) is 0 Å². The molecule has 1 aliphatic rings. The average molecular weight is 517 g/mol. The molecular weight excluding hydrogens is 488 g/mol. The van der Waals surface area contributed by atoms with E-state index >= 15 is 0 Å². The number of thiazole rings is 1. The number of rotatable bonds is 7. The number of likely N-dealkylation sites (N-methyl/N-ethyl adjacent to an activating group) is 1. The highest BCUT2D eigenvalue weighted by Gasteiger charge is 2.21. The Bertz CT molecular complexity index is 1300. The monoisotopic (exact) mass is 516 g/mol. The highest BCUT2D eigenvalue weighted by atomic mass is 32.2. The summed E-state index contributed by atoms with van der Waals surface area (Å²) < 4.78 is 29.4. The largest absolute Gasteiger partial charge is 0.489 e. The van der Waals surface area contributed by atoms with Gasteiger partial charge in [-0.2, -0.15) is 0 Å². The first-order valence-corrected chi connectivity index (χ1v) is 13.5. The van der Waals surface area contributed by atoms with Gasteiger partial charge in [-0.15, -0.1) is 11.3 Å². The van der Waals surface area contributed by atoms with Crippen molar-refractivity contribution in [3.8, 4) is 17.0 Å². The molecule has 1 fully saturated rings. The molecule has 4 rings (SSSR count). The number of carbonyl (C=O) groups is 1. The normalized spacial score (nSPS) is 14.8. The molecule has 12 heteroatoms. The third-order valence-corrected chi connectivity index (χ3v) is 7.13. The number of piperazine rings is 1. The number of amides is 1. The van der Waals surface area contributed by atoms with Crippen molar-refractivity contribution >= 4 is 38.1 Å². The number of carbonyl (C=O) groups excluding carboxylic acids is 1. The van der Waals surface area contributed by atoms with Crippen molar-refractivity contribution in [2.24, 2.45) is 5.14 Å². The molecule has 3 aromatic rings. The Kier molecular flexibility index (Phi) is 7.36. The van der Waals surface area contributed by atoms with E-state index in [9.17, 15) is 13.2 Å². The first-order chi connectivity index (χ1) is 16.6. The lowest BCUT2D eigenvalue weighted by Gasteiger charge is -2.32. The van der Waals surface area contributed by atoms with Crippen molar-refractivity contribution in [1.29, 1.82) is 0 Å². The first-order valence-electron chi connectivity index (χ1n) is 11.1. The van der Waals surface area contributed by atoms with E-state index < -0.39 is 10.0 Å². The Labute approximate surface area is 208 Å². The van der Waals surface area contributed by atoms with Crippen LogP contribution in [0.2, 0.25) is 0 Å². The summed E-state index contributed by atoms with van der Waals surface area (Å²) in [4.78, 5) is 25.7. The Balaban J connectivity index is 1.51. The minimum Gasteiger partial charge on any atom is -0.489 e. The number of sulfonamides is 1. The fourth-order valence-electron chi connectivity index (χ4n) is 3.56. The van der Waals surface area contributed by atoms with E-state index in [0.717, 1.165) is 18.7 Å². The molecule has 0 bridgehead atoms. The maximum atomic E-state index is 12.7. The molecule has 3 N–H and O–H groups in total. The number of primary sulfonamides is 1. The van der Waals surface area contributed by atoms with Crippen molar-refractivity contribution in [3.63, 3.8) is 0 Å². The van der Waals surface area contributed by atoms with Crippen molar-refractivity contribution in [1.82, 2.24) is 19.8 Å². The van der Waals surface area contributed by atoms with E-state index in [4.69, 9.17) is 9.88 Å². The molecule has 35 heavy (non-hydrogen) atoms. The molecule has 2 aromatic heterocycles. The molecule has 1 aromatic carbocycles. The summed E-state index contributed by atoms with van der Waals surface area (Å²) in [6.45, 7) is 6.84. The van der Waals surface area contributed by atoms with Crippen molar-refractivity contribution in [2.45, 2.75) is 24.8 Å². The number of anilines is 2. The molecule has 186 valence electrons. The van der Waals surface area contributed by atoms with E-state index in [-0.39, 0.29) is 16.9 Å². The SMILES string of the molecule is CC(C)Oc1ccc(S(N)(=O)=O)cc1Nc1nc(-c2ccc(C(=O)N3CCN(C)CC3)nc2)cs1. The van der Waals surface area contributed by atoms with E-state index in [1.807, 2.05) is 37.2 Å². The molecule has 1 amide bonds. The Hall–Kier alpha value is -3.06. The van der Waals surface area contributed by atoms with Gasteiger partial charge in [0.2, 0.25) is 10.0 Å². The zero-order valence-corrected chi connectivity index (χ0v) is 21.4. The predicted molar refractivity (Wildman–Crippen MR) is 136 cm³/mol. The number of ether oxygens (including phenoxy) is 1. The summed E-state index contributed by atoms with van der Waals surface area (Å²) in [5.74, 6) is 0.412. The van der Waals surface area contributed by atoms with Crippen LogP contribution in [0.1, 0.15) is 24.3 Å². The van der Waals surface area contributed by atoms with Gasteiger partial charge in [-0.25, -0.2) is 18.5 Å². The number of hydrogen-bond acceptors (Lipinski definition) is 9. The number of pyridine rings is 1. The Morgan fingerprint density at radius 3 is 2.54 bits per heavy atom. The summed E-state index contributed by atoms with van der Waals surface area (Å²) in [5.41, 5.74) is 2.29. The van der Waals surface area contributed by atoms with Gasteiger partial charge in [0.25, 0.3) is 5.91 Å². The van der Waals surface area contributed by atoms with Crippen molar-refractivity contribution in [3.05, 3.63) is 47.6 Å². The lowest BCUT2D eigenvalue weighted by molar-refractivity contribution is 0.0658. The molecular formula is C23H28N6O4S2. The number of nitrogens with zero attached hydrogens (tertiary/aromatic N) is 4. The number of nitrogens with one attached hydrogen (secondary N) is 1. The summed E-state index contributed by atoms with van der Waals surface area (Å²) >= 11 is 1.35. The summed E-state index contributed by atoms with van der Waals surface area (Å²) in [6.07, 6.45) is 1.53. The second-order valence-electron chi connectivity index (χ2n) is 8.56. The summed E-state index contributed by atoms with van der Waals surface area (Å²) in [7, 11) is -1.83. The number of nitrogens with two attached hydrogens (primary N) is 1. The third-order valence-electron chi connectivity index (χ3n) is 5.46. The Morgan fingerprint density at radius 2 is 1.91 bits per heavy atom. The zero-order valence-electron chi connectivity index (χ0n) is 19.8. The quantitative estimate of drug-likeness (QED) is 0.490. The maximum Gasteiger partial charge on any atom is 0.272 e. The predicted octanol–water partition coefficient (Wildman–Crippen LogP) is 2.77. The lowest BCUT2D eigenvalue weighted by Crippen LogP contribution is -2.47. The molecule has 0 radical (unpaired) electrons. The minimum absolute atomic E-state index is 0.0299. The van der Waals surface area contributed by atoms with Gasteiger partial charge in [0.05, 0.1) is 22.4 Å². The second-order valence-corrected chi connectivity index (χ2v) is 11.0. The van der Waals surface area contributed by atoms with Gasteiger partial charge in [-0.1, -0.05) is 0 Å².